The molecule has 0 radical (unpaired) electrons. The summed E-state index contributed by atoms with van der Waals surface area (Å²) in [6.45, 7) is 10.1. The third-order valence-electron chi connectivity index (χ3n) is 4.26. The fraction of sp³-hybridized carbons (Fsp3) is 0.562. The minimum absolute atomic E-state index is 0. The number of ether oxygens (including phenoxy) is 2. The van der Waals surface area contributed by atoms with Gasteiger partial charge in [-0.2, -0.15) is 0 Å². The Hall–Kier alpha value is -1.47. The summed E-state index contributed by atoms with van der Waals surface area (Å²) in [6, 6.07) is 1.68. The zero-order valence-electron chi connectivity index (χ0n) is 14.4. The molecule has 0 amide bonds. The normalized spacial score (nSPS) is 10.7. The topological polar surface area (TPSA) is 65.5 Å². The van der Waals surface area contributed by atoms with Crippen molar-refractivity contribution >= 4 is 11.9 Å². The van der Waals surface area contributed by atoms with Crippen molar-refractivity contribution in [1.29, 1.82) is 0 Å². The van der Waals surface area contributed by atoms with Gasteiger partial charge in [0.25, 0.3) is 0 Å². The number of carbonyl (C=O) groups is 2. The molecule has 1 heterocycles. The Balaban J connectivity index is 0.00000484. The minimum atomic E-state index is -0.644. The summed E-state index contributed by atoms with van der Waals surface area (Å²) < 4.78 is 10.3. The van der Waals surface area contributed by atoms with E-state index in [0.29, 0.717) is 0 Å². The highest BCUT2D eigenvalue weighted by atomic mass is 79.9. The van der Waals surface area contributed by atoms with Crippen molar-refractivity contribution in [1.82, 2.24) is 4.98 Å². The monoisotopic (exact) mass is 388 g/mol. The van der Waals surface area contributed by atoms with Crippen LogP contribution in [0.5, 0.6) is 0 Å². The molecule has 0 N–H and O–H groups in total. The second-order valence-corrected chi connectivity index (χ2v) is 5.17. The summed E-state index contributed by atoms with van der Waals surface area (Å²) in [5.74, 6) is -1.23. The van der Waals surface area contributed by atoms with Crippen LogP contribution in [0, 0.1) is 0 Å². The number of pyridine rings is 1. The van der Waals surface area contributed by atoms with Crippen LogP contribution < -0.4 is 17.0 Å². The summed E-state index contributed by atoms with van der Waals surface area (Å²) >= 11 is 0. The van der Waals surface area contributed by atoms with E-state index in [1.54, 1.807) is 12.3 Å². The molecule has 0 unspecified atom stereocenters. The first-order valence-electron chi connectivity index (χ1n) is 7.47. The summed E-state index contributed by atoms with van der Waals surface area (Å²) in [4.78, 5) is 27.7. The first kappa shape index (κ1) is 21.5. The van der Waals surface area contributed by atoms with Gasteiger partial charge in [-0.05, 0) is 26.8 Å². The van der Waals surface area contributed by atoms with E-state index in [2.05, 4.69) is 30.5 Å². The maximum Gasteiger partial charge on any atom is 0.357 e. The molecule has 0 fully saturated rings. The van der Waals surface area contributed by atoms with Gasteiger partial charge in [0.1, 0.15) is 6.54 Å². The van der Waals surface area contributed by atoms with E-state index in [4.69, 9.17) is 4.74 Å². The summed E-state index contributed by atoms with van der Waals surface area (Å²) in [6.07, 6.45) is 1.63. The Kier molecular flexibility index (Phi) is 9.01. The minimum Gasteiger partial charge on any atom is -1.00 e. The van der Waals surface area contributed by atoms with Gasteiger partial charge >= 0.3 is 11.9 Å². The molecule has 1 aromatic rings. The van der Waals surface area contributed by atoms with Crippen molar-refractivity contribution < 1.29 is 40.5 Å². The predicted molar refractivity (Wildman–Crippen MR) is 82.5 cm³/mol. The van der Waals surface area contributed by atoms with Gasteiger partial charge in [-0.15, -0.1) is 0 Å². The molecule has 0 spiro atoms. The van der Waals surface area contributed by atoms with Crippen LogP contribution in [-0.4, -0.2) is 55.3 Å². The Morgan fingerprint density at radius 2 is 1.57 bits per heavy atom. The molecule has 0 saturated heterocycles. The molecule has 0 aromatic carbocycles. The van der Waals surface area contributed by atoms with Crippen molar-refractivity contribution in [3.8, 4) is 0 Å². The molecular weight excluding hydrogens is 364 g/mol. The van der Waals surface area contributed by atoms with Gasteiger partial charge in [0.15, 0.2) is 5.69 Å². The molecule has 0 saturated carbocycles. The number of hydrogen-bond donors (Lipinski definition) is 0. The van der Waals surface area contributed by atoms with Crippen molar-refractivity contribution in [2.45, 2.75) is 27.3 Å². The number of halogens is 1. The number of esters is 2. The van der Waals surface area contributed by atoms with Crippen LogP contribution >= 0.6 is 0 Å². The third-order valence-corrected chi connectivity index (χ3v) is 4.26. The molecule has 7 heteroatoms. The summed E-state index contributed by atoms with van der Waals surface area (Å²) in [5.41, 5.74) is 1.03. The lowest BCUT2D eigenvalue weighted by atomic mass is 10.1. The van der Waals surface area contributed by atoms with Gasteiger partial charge < -0.3 is 30.9 Å². The molecule has 6 nitrogen and oxygen atoms in total. The second kappa shape index (κ2) is 9.62. The van der Waals surface area contributed by atoms with Crippen molar-refractivity contribution in [3.63, 3.8) is 0 Å². The van der Waals surface area contributed by atoms with Crippen LogP contribution in [0.4, 0.5) is 0 Å². The highest BCUT2D eigenvalue weighted by molar-refractivity contribution is 6.01. The molecule has 0 aliphatic carbocycles. The van der Waals surface area contributed by atoms with E-state index in [1.807, 2.05) is 0 Å². The van der Waals surface area contributed by atoms with Crippen LogP contribution in [-0.2, 0) is 16.0 Å². The number of nitrogens with zero attached hydrogens (tertiary/aromatic N) is 2. The van der Waals surface area contributed by atoms with Crippen LogP contribution in [0.25, 0.3) is 0 Å². The summed E-state index contributed by atoms with van der Waals surface area (Å²) in [7, 11) is 2.53. The highest BCUT2D eigenvalue weighted by Gasteiger charge is 2.25. The van der Waals surface area contributed by atoms with Crippen molar-refractivity contribution in [2.75, 3.05) is 33.9 Å². The maximum atomic E-state index is 11.9. The highest BCUT2D eigenvalue weighted by Crippen LogP contribution is 2.17. The molecule has 23 heavy (non-hydrogen) atoms. The largest absolute Gasteiger partial charge is 1.00 e. The van der Waals surface area contributed by atoms with Crippen LogP contribution in [0.15, 0.2) is 12.3 Å². The van der Waals surface area contributed by atoms with Crippen molar-refractivity contribution in [2.24, 2.45) is 0 Å². The fourth-order valence-electron chi connectivity index (χ4n) is 2.51. The second-order valence-electron chi connectivity index (χ2n) is 5.17. The quantitative estimate of drug-likeness (QED) is 0.444. The Morgan fingerprint density at radius 1 is 1.04 bits per heavy atom. The lowest BCUT2D eigenvalue weighted by Crippen LogP contribution is -3.00. The third kappa shape index (κ3) is 5.00. The van der Waals surface area contributed by atoms with E-state index >= 15 is 0 Å². The van der Waals surface area contributed by atoms with Gasteiger partial charge in [0, 0.05) is 11.8 Å². The Bertz CT molecular complexity index is 537. The smallest absolute Gasteiger partial charge is 0.357 e. The van der Waals surface area contributed by atoms with Gasteiger partial charge in [-0.3, -0.25) is 0 Å². The predicted octanol–water partition coefficient (Wildman–Crippen LogP) is -0.965. The average molecular weight is 389 g/mol. The Morgan fingerprint density at radius 3 is 2.00 bits per heavy atom. The first-order valence-corrected chi connectivity index (χ1v) is 7.47. The molecule has 0 atom stereocenters. The SMILES string of the molecule is CC[N+](CC)(CC)Cc1cnc(C(=O)OC)c(C(=O)OC)c1.[Br-]. The molecule has 0 aliphatic rings. The van der Waals surface area contributed by atoms with Crippen LogP contribution in [0.3, 0.4) is 0 Å². The van der Waals surface area contributed by atoms with E-state index in [0.717, 1.165) is 36.2 Å². The number of hydrogen-bond acceptors (Lipinski definition) is 5. The first-order chi connectivity index (χ1) is 10.5. The molecule has 0 bridgehead atoms. The number of quaternary nitrogens is 1. The lowest BCUT2D eigenvalue weighted by molar-refractivity contribution is -0.936. The van der Waals surface area contributed by atoms with Crippen LogP contribution in [0.1, 0.15) is 47.2 Å². The van der Waals surface area contributed by atoms with Gasteiger partial charge in [-0.25, -0.2) is 14.6 Å². The van der Waals surface area contributed by atoms with Crippen molar-refractivity contribution in [3.05, 3.63) is 29.1 Å². The van der Waals surface area contributed by atoms with E-state index < -0.39 is 11.9 Å². The number of methoxy groups -OCH3 is 2. The number of aromatic nitrogens is 1. The molecule has 130 valence electrons. The number of rotatable bonds is 7. The zero-order chi connectivity index (χ0) is 16.8. The van der Waals surface area contributed by atoms with Crippen LogP contribution in [0.2, 0.25) is 0 Å². The standard InChI is InChI=1S/C16H25N2O4.BrH/c1-6-18(7-2,8-3)11-12-9-13(15(19)21-4)14(17-10-12)16(20)22-5;/h9-10H,6-8,11H2,1-5H3;1H/q+1;/p-1. The fourth-order valence-corrected chi connectivity index (χ4v) is 2.51. The Labute approximate surface area is 148 Å². The van der Waals surface area contributed by atoms with E-state index in [-0.39, 0.29) is 28.2 Å². The van der Waals surface area contributed by atoms with Gasteiger partial charge in [-0.1, -0.05) is 0 Å². The van der Waals surface area contributed by atoms with Gasteiger partial charge in [0.2, 0.25) is 0 Å². The molecule has 0 aliphatic heterocycles. The molecule has 1 aromatic heterocycles. The van der Waals surface area contributed by atoms with E-state index in [9.17, 15) is 9.59 Å². The van der Waals surface area contributed by atoms with E-state index in [1.165, 1.54) is 14.2 Å². The number of carbonyl (C=O) groups excluding carboxylic acids is 2. The maximum absolute atomic E-state index is 11.9. The average Bonchev–Trinajstić information content (AvgIpc) is 2.58. The summed E-state index contributed by atoms with van der Waals surface area (Å²) in [5, 5.41) is 0. The van der Waals surface area contributed by atoms with Gasteiger partial charge in [0.05, 0.1) is 39.4 Å². The molecular formula is C16H25BrN2O4. The molecule has 1 rings (SSSR count). The lowest BCUT2D eigenvalue weighted by Gasteiger charge is -2.35. The zero-order valence-corrected chi connectivity index (χ0v) is 16.0.